The van der Waals surface area contributed by atoms with Crippen molar-refractivity contribution in [2.75, 3.05) is 11.4 Å². The molecule has 0 spiro atoms. The van der Waals surface area contributed by atoms with Crippen molar-refractivity contribution in [3.63, 3.8) is 0 Å². The van der Waals surface area contributed by atoms with Gasteiger partial charge in [-0.15, -0.1) is 10.2 Å². The molecular weight excluding hydrogens is 423 g/mol. The second-order valence-electron chi connectivity index (χ2n) is 5.62. The van der Waals surface area contributed by atoms with E-state index in [-0.39, 0.29) is 18.9 Å². The molecule has 0 atom stereocenters. The number of benzene rings is 1. The number of aromatic nitrogens is 4. The summed E-state index contributed by atoms with van der Waals surface area (Å²) < 4.78 is 40.8. The second kappa shape index (κ2) is 5.84. The highest BCUT2D eigenvalue weighted by Gasteiger charge is 2.39. The van der Waals surface area contributed by atoms with Crippen LogP contribution >= 0.6 is 27.5 Å². The summed E-state index contributed by atoms with van der Waals surface area (Å²) in [6, 6.07) is 5.47. The van der Waals surface area contributed by atoms with E-state index < -0.39 is 12.0 Å². The lowest BCUT2D eigenvalue weighted by atomic mass is 10.1. The molecule has 130 valence electrons. The first-order valence-electron chi connectivity index (χ1n) is 7.32. The maximum atomic E-state index is 13.0. The van der Waals surface area contributed by atoms with Crippen LogP contribution in [0.2, 0.25) is 5.02 Å². The number of hydrogen-bond acceptors (Lipinski definition) is 4. The van der Waals surface area contributed by atoms with Crippen molar-refractivity contribution < 1.29 is 13.2 Å². The summed E-state index contributed by atoms with van der Waals surface area (Å²) in [7, 11) is 0. The molecule has 1 aromatic carbocycles. The van der Waals surface area contributed by atoms with Gasteiger partial charge in [-0.1, -0.05) is 27.5 Å². The van der Waals surface area contributed by atoms with Crippen LogP contribution in [0.1, 0.15) is 11.6 Å². The van der Waals surface area contributed by atoms with Crippen LogP contribution in [-0.4, -0.2) is 26.3 Å². The minimum atomic E-state index is -4.50. The fourth-order valence-electron chi connectivity index (χ4n) is 3.01. The lowest BCUT2D eigenvalue weighted by Gasteiger charge is -2.30. The molecule has 0 saturated carbocycles. The van der Waals surface area contributed by atoms with Gasteiger partial charge in [0.25, 0.3) is 0 Å². The Morgan fingerprint density at radius 3 is 2.72 bits per heavy atom. The zero-order valence-corrected chi connectivity index (χ0v) is 14.9. The van der Waals surface area contributed by atoms with E-state index >= 15 is 0 Å². The maximum absolute atomic E-state index is 13.0. The van der Waals surface area contributed by atoms with Crippen LogP contribution in [0, 0.1) is 0 Å². The van der Waals surface area contributed by atoms with Crippen molar-refractivity contribution in [2.24, 2.45) is 0 Å². The molecule has 3 aromatic rings. The monoisotopic (exact) mass is 431 g/mol. The number of alkyl halides is 3. The topological polar surface area (TPSA) is 46.8 Å². The van der Waals surface area contributed by atoms with Crippen LogP contribution in [0.15, 0.2) is 28.9 Å². The molecule has 1 aliphatic rings. The largest absolute Gasteiger partial charge is 0.451 e. The average molecular weight is 433 g/mol. The summed E-state index contributed by atoms with van der Waals surface area (Å²) in [6.45, 7) is 0.784. The van der Waals surface area contributed by atoms with Crippen LogP contribution in [0.5, 0.6) is 0 Å². The molecule has 3 heterocycles. The lowest BCUT2D eigenvalue weighted by Crippen LogP contribution is -2.35. The van der Waals surface area contributed by atoms with Gasteiger partial charge in [-0.25, -0.2) is 0 Å². The van der Waals surface area contributed by atoms with E-state index in [1.54, 1.807) is 12.3 Å². The van der Waals surface area contributed by atoms with E-state index in [0.717, 1.165) is 20.1 Å². The van der Waals surface area contributed by atoms with Gasteiger partial charge in [-0.05, 0) is 18.2 Å². The zero-order valence-electron chi connectivity index (χ0n) is 12.6. The summed E-state index contributed by atoms with van der Waals surface area (Å²) in [5, 5.41) is 8.35. The molecule has 0 aliphatic carbocycles. The molecule has 25 heavy (non-hydrogen) atoms. The standard InChI is InChI=1S/C15H10BrClF3N5/c16-8-5-9-11(1-2-21-13(9)10(17)6-8)24-3-4-25-12(7-24)22-23-14(25)15(18,19)20/h1-2,5-6H,3-4,7H2. The van der Waals surface area contributed by atoms with Crippen LogP contribution in [-0.2, 0) is 19.3 Å². The Labute approximate surface area is 153 Å². The minimum Gasteiger partial charge on any atom is -0.362 e. The SMILES string of the molecule is FC(F)(F)c1nnc2n1CCN(c1ccnc3c(Cl)cc(Br)cc13)C2. The van der Waals surface area contributed by atoms with E-state index in [9.17, 15) is 13.2 Å². The van der Waals surface area contributed by atoms with Gasteiger partial charge in [0, 0.05) is 34.8 Å². The molecule has 0 unspecified atom stereocenters. The molecule has 0 N–H and O–H groups in total. The highest BCUT2D eigenvalue weighted by molar-refractivity contribution is 9.10. The van der Waals surface area contributed by atoms with Crippen molar-refractivity contribution in [2.45, 2.75) is 19.3 Å². The van der Waals surface area contributed by atoms with Gasteiger partial charge in [0.2, 0.25) is 5.82 Å². The smallest absolute Gasteiger partial charge is 0.362 e. The molecule has 1 aliphatic heterocycles. The number of halogens is 5. The quantitative estimate of drug-likeness (QED) is 0.576. The highest BCUT2D eigenvalue weighted by atomic mass is 79.9. The molecule has 2 aromatic heterocycles. The van der Waals surface area contributed by atoms with Crippen molar-refractivity contribution in [3.05, 3.63) is 45.5 Å². The number of pyridine rings is 1. The minimum absolute atomic E-state index is 0.155. The van der Waals surface area contributed by atoms with E-state index in [2.05, 4.69) is 31.1 Å². The fourth-order valence-corrected chi connectivity index (χ4v) is 3.87. The van der Waals surface area contributed by atoms with E-state index in [1.807, 2.05) is 17.0 Å². The van der Waals surface area contributed by atoms with Crippen LogP contribution in [0.25, 0.3) is 10.9 Å². The van der Waals surface area contributed by atoms with Gasteiger partial charge in [-0.3, -0.25) is 4.98 Å². The summed E-state index contributed by atoms with van der Waals surface area (Å²) in [5.41, 5.74) is 1.49. The third-order valence-electron chi connectivity index (χ3n) is 4.09. The Hall–Kier alpha value is -1.87. The number of nitrogens with zero attached hydrogens (tertiary/aromatic N) is 5. The number of rotatable bonds is 1. The Balaban J connectivity index is 1.76. The van der Waals surface area contributed by atoms with Crippen LogP contribution in [0.4, 0.5) is 18.9 Å². The normalized spacial score (nSPS) is 14.8. The third-order valence-corrected chi connectivity index (χ3v) is 4.83. The van der Waals surface area contributed by atoms with Crippen LogP contribution < -0.4 is 4.90 Å². The van der Waals surface area contributed by atoms with Crippen molar-refractivity contribution in [3.8, 4) is 0 Å². The number of hydrogen-bond donors (Lipinski definition) is 0. The fraction of sp³-hybridized carbons (Fsp3) is 0.267. The first-order valence-corrected chi connectivity index (χ1v) is 8.49. The molecule has 4 rings (SSSR count). The lowest BCUT2D eigenvalue weighted by molar-refractivity contribution is -0.147. The predicted octanol–water partition coefficient (Wildman–Crippen LogP) is 4.28. The Kier molecular flexibility index (Phi) is 3.88. The molecule has 0 bridgehead atoms. The van der Waals surface area contributed by atoms with Gasteiger partial charge < -0.3 is 9.47 Å². The predicted molar refractivity (Wildman–Crippen MR) is 90.5 cm³/mol. The van der Waals surface area contributed by atoms with Gasteiger partial charge >= 0.3 is 6.18 Å². The zero-order chi connectivity index (χ0) is 17.8. The molecule has 0 fully saturated rings. The van der Waals surface area contributed by atoms with Crippen molar-refractivity contribution in [1.82, 2.24) is 19.7 Å². The second-order valence-corrected chi connectivity index (χ2v) is 6.95. The van der Waals surface area contributed by atoms with E-state index in [1.165, 1.54) is 0 Å². The Morgan fingerprint density at radius 1 is 1.16 bits per heavy atom. The third kappa shape index (κ3) is 2.85. The van der Waals surface area contributed by atoms with Gasteiger partial charge in [0.15, 0.2) is 5.82 Å². The first kappa shape index (κ1) is 16.6. The summed E-state index contributed by atoms with van der Waals surface area (Å²) in [6.07, 6.45) is -2.87. The summed E-state index contributed by atoms with van der Waals surface area (Å²) in [5.74, 6) is -0.669. The van der Waals surface area contributed by atoms with Crippen LogP contribution in [0.3, 0.4) is 0 Å². The van der Waals surface area contributed by atoms with Gasteiger partial charge in [-0.2, -0.15) is 13.2 Å². The highest BCUT2D eigenvalue weighted by Crippen LogP contribution is 2.35. The average Bonchev–Trinajstić information content (AvgIpc) is 2.97. The molecule has 10 heteroatoms. The molecule has 0 radical (unpaired) electrons. The molecule has 5 nitrogen and oxygen atoms in total. The van der Waals surface area contributed by atoms with Crippen molar-refractivity contribution in [1.29, 1.82) is 0 Å². The van der Waals surface area contributed by atoms with E-state index in [0.29, 0.717) is 17.1 Å². The number of anilines is 1. The molecule has 0 amide bonds. The molecule has 0 saturated heterocycles. The summed E-state index contributed by atoms with van der Waals surface area (Å²) >= 11 is 9.66. The summed E-state index contributed by atoms with van der Waals surface area (Å²) in [4.78, 5) is 6.25. The Bertz CT molecular complexity index is 972. The maximum Gasteiger partial charge on any atom is 0.451 e. The van der Waals surface area contributed by atoms with Gasteiger partial charge in [0.1, 0.15) is 0 Å². The van der Waals surface area contributed by atoms with E-state index in [4.69, 9.17) is 11.6 Å². The Morgan fingerprint density at radius 2 is 1.96 bits per heavy atom. The molecular formula is C15H10BrClF3N5. The number of fused-ring (bicyclic) bond motifs is 2. The van der Waals surface area contributed by atoms with Crippen molar-refractivity contribution >= 4 is 44.1 Å². The first-order chi connectivity index (χ1) is 11.8. The van der Waals surface area contributed by atoms with Gasteiger partial charge in [0.05, 0.1) is 17.1 Å².